The molecule has 0 aromatic heterocycles. The summed E-state index contributed by atoms with van der Waals surface area (Å²) in [6, 6.07) is 0.234. The van der Waals surface area contributed by atoms with Crippen LogP contribution in [0.15, 0.2) is 0 Å². The van der Waals surface area contributed by atoms with E-state index < -0.39 is 0 Å². The third-order valence-electron chi connectivity index (χ3n) is 2.56. The van der Waals surface area contributed by atoms with Gasteiger partial charge >= 0.3 is 0 Å². The molecule has 1 aliphatic heterocycles. The van der Waals surface area contributed by atoms with Crippen LogP contribution in [-0.2, 0) is 4.74 Å². The molecule has 0 saturated carbocycles. The zero-order valence-corrected chi connectivity index (χ0v) is 11.1. The summed E-state index contributed by atoms with van der Waals surface area (Å²) in [7, 11) is 3.82. The summed E-state index contributed by atoms with van der Waals surface area (Å²) < 4.78 is 5.04. The van der Waals surface area contributed by atoms with Crippen LogP contribution in [0.3, 0.4) is 0 Å². The van der Waals surface area contributed by atoms with E-state index in [1.165, 1.54) is 0 Å². The minimum Gasteiger partial charge on any atom is -0.383 e. The average molecular weight is 246 g/mol. The summed E-state index contributed by atoms with van der Waals surface area (Å²) in [6.45, 7) is 6.84. The van der Waals surface area contributed by atoms with Gasteiger partial charge in [-0.15, -0.1) is 0 Å². The highest BCUT2D eigenvalue weighted by molar-refractivity contribution is 7.80. The molecule has 1 heterocycles. The van der Waals surface area contributed by atoms with Gasteiger partial charge in [-0.1, -0.05) is 0 Å². The van der Waals surface area contributed by atoms with Gasteiger partial charge in [-0.05, 0) is 26.2 Å². The average Bonchev–Trinajstić information content (AvgIpc) is 2.21. The molecule has 1 rings (SSSR count). The Morgan fingerprint density at radius 1 is 1.38 bits per heavy atom. The van der Waals surface area contributed by atoms with Crippen molar-refractivity contribution >= 4 is 17.3 Å². The Labute approximate surface area is 103 Å². The van der Waals surface area contributed by atoms with Gasteiger partial charge in [0.15, 0.2) is 5.11 Å². The zero-order valence-electron chi connectivity index (χ0n) is 10.3. The first-order valence-corrected chi connectivity index (χ1v) is 6.02. The molecule has 6 heteroatoms. The number of rotatable bonds is 4. The topological polar surface area (TPSA) is 39.8 Å². The molecule has 0 spiro atoms. The Balaban J connectivity index is 2.18. The third-order valence-corrected chi connectivity index (χ3v) is 2.77. The van der Waals surface area contributed by atoms with Crippen molar-refractivity contribution in [1.29, 1.82) is 0 Å². The van der Waals surface area contributed by atoms with E-state index in [4.69, 9.17) is 17.0 Å². The Bertz CT molecular complexity index is 219. The van der Waals surface area contributed by atoms with Gasteiger partial charge in [-0.2, -0.15) is 0 Å². The summed E-state index contributed by atoms with van der Waals surface area (Å²) in [6.07, 6.45) is 0. The van der Waals surface area contributed by atoms with Crippen LogP contribution in [0.2, 0.25) is 0 Å². The molecule has 1 aliphatic rings. The molecule has 0 aliphatic carbocycles. The van der Waals surface area contributed by atoms with Gasteiger partial charge in [0.2, 0.25) is 0 Å². The van der Waals surface area contributed by atoms with E-state index in [1.54, 1.807) is 7.11 Å². The van der Waals surface area contributed by atoms with Crippen molar-refractivity contribution in [2.45, 2.75) is 13.0 Å². The normalized spacial score (nSPS) is 20.4. The van der Waals surface area contributed by atoms with E-state index in [0.717, 1.165) is 26.2 Å². The van der Waals surface area contributed by atoms with E-state index in [-0.39, 0.29) is 6.04 Å². The number of piperazine rings is 1. The summed E-state index contributed by atoms with van der Waals surface area (Å²) in [5, 5.41) is 6.00. The fraction of sp³-hybridized carbons (Fsp3) is 0.900. The fourth-order valence-corrected chi connectivity index (χ4v) is 1.94. The molecular weight excluding hydrogens is 224 g/mol. The van der Waals surface area contributed by atoms with Crippen molar-refractivity contribution < 1.29 is 4.74 Å². The molecule has 16 heavy (non-hydrogen) atoms. The first kappa shape index (κ1) is 13.6. The summed E-state index contributed by atoms with van der Waals surface area (Å²) in [4.78, 5) is 2.31. The second kappa shape index (κ2) is 7.01. The smallest absolute Gasteiger partial charge is 0.181 e. The number of methoxy groups -OCH3 is 1. The molecule has 5 nitrogen and oxygen atoms in total. The van der Waals surface area contributed by atoms with Crippen LogP contribution in [0.4, 0.5) is 0 Å². The second-order valence-corrected chi connectivity index (χ2v) is 4.64. The summed E-state index contributed by atoms with van der Waals surface area (Å²) in [5.74, 6) is 0. The molecule has 94 valence electrons. The Morgan fingerprint density at radius 2 is 2.00 bits per heavy atom. The van der Waals surface area contributed by atoms with Crippen molar-refractivity contribution in [3.8, 4) is 0 Å². The van der Waals surface area contributed by atoms with Crippen molar-refractivity contribution in [3.05, 3.63) is 0 Å². The maximum absolute atomic E-state index is 5.22. The maximum Gasteiger partial charge on any atom is 0.181 e. The molecule has 1 unspecified atom stereocenters. The predicted octanol–water partition coefficient (Wildman–Crippen LogP) is -0.352. The highest BCUT2D eigenvalue weighted by atomic mass is 32.1. The molecular formula is C10H22N4OS. The molecule has 0 amide bonds. The lowest BCUT2D eigenvalue weighted by Crippen LogP contribution is -2.56. The Morgan fingerprint density at radius 3 is 2.56 bits per heavy atom. The molecule has 1 fully saturated rings. The van der Waals surface area contributed by atoms with Gasteiger partial charge in [0.25, 0.3) is 0 Å². The third kappa shape index (κ3) is 5.07. The highest BCUT2D eigenvalue weighted by Gasteiger charge is 2.14. The minimum atomic E-state index is 0.234. The van der Waals surface area contributed by atoms with Crippen LogP contribution < -0.4 is 10.7 Å². The first-order chi connectivity index (χ1) is 7.61. The van der Waals surface area contributed by atoms with Gasteiger partial charge < -0.3 is 15.0 Å². The van der Waals surface area contributed by atoms with Crippen molar-refractivity contribution in [1.82, 2.24) is 20.7 Å². The van der Waals surface area contributed by atoms with E-state index >= 15 is 0 Å². The lowest BCUT2D eigenvalue weighted by molar-refractivity contribution is 0.129. The fourth-order valence-electron chi connectivity index (χ4n) is 1.61. The Hall–Kier alpha value is -0.430. The van der Waals surface area contributed by atoms with Crippen LogP contribution in [0.25, 0.3) is 0 Å². The first-order valence-electron chi connectivity index (χ1n) is 5.61. The molecule has 2 N–H and O–H groups in total. The quantitative estimate of drug-likeness (QED) is 0.661. The lowest BCUT2D eigenvalue weighted by Gasteiger charge is -2.33. The monoisotopic (exact) mass is 246 g/mol. The molecule has 0 radical (unpaired) electrons. The standard InChI is InChI=1S/C10H22N4OS/c1-9(8-15-3)11-10(16)12-14-6-4-13(2)5-7-14/h9H,4-8H2,1-3H3,(H2,11,12,16). The van der Waals surface area contributed by atoms with Crippen LogP contribution in [0, 0.1) is 0 Å². The van der Waals surface area contributed by atoms with Gasteiger partial charge in [0.05, 0.1) is 6.61 Å². The van der Waals surface area contributed by atoms with Gasteiger partial charge in [0.1, 0.15) is 0 Å². The maximum atomic E-state index is 5.22. The number of hydrogen-bond donors (Lipinski definition) is 2. The van der Waals surface area contributed by atoms with Crippen LogP contribution >= 0.6 is 12.2 Å². The molecule has 1 saturated heterocycles. The van der Waals surface area contributed by atoms with Crippen molar-refractivity contribution in [3.63, 3.8) is 0 Å². The minimum absolute atomic E-state index is 0.234. The van der Waals surface area contributed by atoms with Crippen LogP contribution in [-0.4, -0.2) is 68.0 Å². The van der Waals surface area contributed by atoms with Crippen LogP contribution in [0.1, 0.15) is 6.92 Å². The van der Waals surface area contributed by atoms with Gasteiger partial charge in [0, 0.05) is 39.3 Å². The molecule has 1 atom stereocenters. The van der Waals surface area contributed by atoms with Crippen molar-refractivity contribution in [2.24, 2.45) is 0 Å². The highest BCUT2D eigenvalue weighted by Crippen LogP contribution is 1.95. The van der Waals surface area contributed by atoms with Gasteiger partial charge in [-0.25, -0.2) is 5.01 Å². The molecule has 0 bridgehead atoms. The molecule has 0 aromatic carbocycles. The lowest BCUT2D eigenvalue weighted by atomic mass is 10.4. The zero-order chi connectivity index (χ0) is 12.0. The molecule has 0 aromatic rings. The SMILES string of the molecule is COCC(C)NC(=S)NN1CCN(C)CC1. The number of nitrogens with one attached hydrogen (secondary N) is 2. The van der Waals surface area contributed by atoms with Crippen LogP contribution in [0.5, 0.6) is 0 Å². The van der Waals surface area contributed by atoms with E-state index in [1.807, 2.05) is 6.92 Å². The number of thiocarbonyl (C=S) groups is 1. The number of nitrogens with zero attached hydrogens (tertiary/aromatic N) is 2. The summed E-state index contributed by atoms with van der Waals surface area (Å²) >= 11 is 5.22. The number of hydrogen-bond acceptors (Lipinski definition) is 4. The Kier molecular flexibility index (Phi) is 5.97. The van der Waals surface area contributed by atoms with Crippen molar-refractivity contribution in [2.75, 3.05) is 46.9 Å². The predicted molar refractivity (Wildman–Crippen MR) is 69.3 cm³/mol. The largest absolute Gasteiger partial charge is 0.383 e. The van der Waals surface area contributed by atoms with Gasteiger partial charge in [-0.3, -0.25) is 5.43 Å². The van der Waals surface area contributed by atoms with E-state index in [0.29, 0.717) is 11.7 Å². The number of hydrazine groups is 1. The van der Waals surface area contributed by atoms with E-state index in [2.05, 4.69) is 27.7 Å². The van der Waals surface area contributed by atoms with E-state index in [9.17, 15) is 0 Å². The number of likely N-dealkylation sites (N-methyl/N-ethyl adjacent to an activating group) is 1. The number of ether oxygens (including phenoxy) is 1. The second-order valence-electron chi connectivity index (χ2n) is 4.23. The summed E-state index contributed by atoms with van der Waals surface area (Å²) in [5.41, 5.74) is 3.20.